The summed E-state index contributed by atoms with van der Waals surface area (Å²) in [7, 11) is 0. The number of benzene rings is 1. The molecule has 1 aliphatic heterocycles. The molecule has 0 aliphatic carbocycles. The van der Waals surface area contributed by atoms with E-state index < -0.39 is 5.67 Å². The Morgan fingerprint density at radius 2 is 1.69 bits per heavy atom. The summed E-state index contributed by atoms with van der Waals surface area (Å²) in [4.78, 5) is 2.07. The SMILES string of the molecule is CC(C)c1ccc(N2CC(C)(F)C2)cc1.F. The van der Waals surface area contributed by atoms with E-state index in [2.05, 4.69) is 43.0 Å². The van der Waals surface area contributed by atoms with Crippen molar-refractivity contribution >= 4 is 5.69 Å². The summed E-state index contributed by atoms with van der Waals surface area (Å²) in [5, 5.41) is 0. The zero-order chi connectivity index (χ0) is 11.1. The molecule has 1 fully saturated rings. The Kier molecular flexibility index (Phi) is 3.56. The molecular formula is C13H19F2N. The van der Waals surface area contributed by atoms with E-state index in [4.69, 9.17) is 0 Å². The van der Waals surface area contributed by atoms with Crippen LogP contribution in [-0.2, 0) is 0 Å². The van der Waals surface area contributed by atoms with Gasteiger partial charge in [-0.2, -0.15) is 0 Å². The highest BCUT2D eigenvalue weighted by atomic mass is 19.1. The second-order valence-electron chi connectivity index (χ2n) is 5.02. The number of anilines is 1. The van der Waals surface area contributed by atoms with Crippen LogP contribution in [0.4, 0.5) is 14.8 Å². The molecule has 2 rings (SSSR count). The second-order valence-corrected chi connectivity index (χ2v) is 5.02. The van der Waals surface area contributed by atoms with Gasteiger partial charge in [-0.15, -0.1) is 0 Å². The summed E-state index contributed by atoms with van der Waals surface area (Å²) < 4.78 is 13.3. The minimum atomic E-state index is -0.989. The molecule has 0 N–H and O–H groups in total. The lowest BCUT2D eigenvalue weighted by Crippen LogP contribution is -2.57. The number of alkyl halides is 1. The molecule has 1 aromatic rings. The van der Waals surface area contributed by atoms with Crippen LogP contribution in [0.2, 0.25) is 0 Å². The van der Waals surface area contributed by atoms with Crippen LogP contribution in [0.1, 0.15) is 32.3 Å². The molecule has 0 saturated carbocycles. The van der Waals surface area contributed by atoms with Crippen LogP contribution in [0.3, 0.4) is 0 Å². The Bertz CT molecular complexity index is 335. The van der Waals surface area contributed by atoms with Gasteiger partial charge in [-0.3, -0.25) is 4.70 Å². The summed E-state index contributed by atoms with van der Waals surface area (Å²) >= 11 is 0. The van der Waals surface area contributed by atoms with E-state index in [9.17, 15) is 4.39 Å². The van der Waals surface area contributed by atoms with Crippen molar-refractivity contribution in [2.24, 2.45) is 0 Å². The fourth-order valence-corrected chi connectivity index (χ4v) is 2.00. The van der Waals surface area contributed by atoms with Gasteiger partial charge >= 0.3 is 0 Å². The second kappa shape index (κ2) is 4.40. The van der Waals surface area contributed by atoms with Gasteiger partial charge in [0.1, 0.15) is 5.67 Å². The molecule has 1 aliphatic rings. The summed E-state index contributed by atoms with van der Waals surface area (Å²) in [6, 6.07) is 8.44. The van der Waals surface area contributed by atoms with E-state index in [1.807, 2.05) is 0 Å². The van der Waals surface area contributed by atoms with Crippen LogP contribution in [-0.4, -0.2) is 18.8 Å². The van der Waals surface area contributed by atoms with E-state index >= 15 is 0 Å². The summed E-state index contributed by atoms with van der Waals surface area (Å²) in [6.45, 7) is 7.06. The Balaban J connectivity index is 0.00000128. The van der Waals surface area contributed by atoms with E-state index in [0.717, 1.165) is 5.69 Å². The lowest BCUT2D eigenvalue weighted by molar-refractivity contribution is 0.144. The standard InChI is InChI=1S/C13H18FN.FH/c1-10(2)11-4-6-12(7-5-11)15-8-13(3,14)9-15;/h4-7,10H,8-9H2,1-3H3;1H. The van der Waals surface area contributed by atoms with Gasteiger partial charge in [-0.05, 0) is 30.5 Å². The largest absolute Gasteiger partial charge is 0.365 e. The molecule has 0 aromatic heterocycles. The van der Waals surface area contributed by atoms with Gasteiger partial charge in [-0.1, -0.05) is 26.0 Å². The van der Waals surface area contributed by atoms with Crippen LogP contribution in [0, 0.1) is 0 Å². The first-order valence-electron chi connectivity index (χ1n) is 5.52. The van der Waals surface area contributed by atoms with Crippen LogP contribution in [0.15, 0.2) is 24.3 Å². The molecule has 90 valence electrons. The number of halogens is 2. The average molecular weight is 227 g/mol. The lowest BCUT2D eigenvalue weighted by atomic mass is 9.97. The molecule has 0 bridgehead atoms. The van der Waals surface area contributed by atoms with Gasteiger partial charge in [0.05, 0.1) is 13.1 Å². The van der Waals surface area contributed by atoms with Crippen molar-refractivity contribution in [1.29, 1.82) is 0 Å². The number of rotatable bonds is 2. The molecule has 0 spiro atoms. The average Bonchev–Trinajstić information content (AvgIpc) is 2.14. The topological polar surface area (TPSA) is 3.24 Å². The van der Waals surface area contributed by atoms with Crippen molar-refractivity contribution in [2.45, 2.75) is 32.4 Å². The van der Waals surface area contributed by atoms with Crippen LogP contribution in [0.25, 0.3) is 0 Å². The van der Waals surface area contributed by atoms with Crippen molar-refractivity contribution in [3.63, 3.8) is 0 Å². The molecule has 0 atom stereocenters. The van der Waals surface area contributed by atoms with Gasteiger partial charge in [0.15, 0.2) is 0 Å². The van der Waals surface area contributed by atoms with Crippen molar-refractivity contribution < 1.29 is 9.09 Å². The number of nitrogens with zero attached hydrogens (tertiary/aromatic N) is 1. The van der Waals surface area contributed by atoms with Crippen LogP contribution in [0.5, 0.6) is 0 Å². The van der Waals surface area contributed by atoms with Crippen molar-refractivity contribution in [3.8, 4) is 0 Å². The molecule has 1 nitrogen and oxygen atoms in total. The zero-order valence-electron chi connectivity index (χ0n) is 10.0. The van der Waals surface area contributed by atoms with E-state index in [-0.39, 0.29) is 4.70 Å². The highest BCUT2D eigenvalue weighted by Crippen LogP contribution is 2.30. The first kappa shape index (κ1) is 12.9. The lowest BCUT2D eigenvalue weighted by Gasteiger charge is -2.43. The minimum Gasteiger partial charge on any atom is -0.365 e. The van der Waals surface area contributed by atoms with E-state index in [0.29, 0.717) is 19.0 Å². The molecule has 16 heavy (non-hydrogen) atoms. The van der Waals surface area contributed by atoms with E-state index in [1.54, 1.807) is 6.92 Å². The Labute approximate surface area is 95.6 Å². The Morgan fingerprint density at radius 1 is 1.19 bits per heavy atom. The highest BCUT2D eigenvalue weighted by Gasteiger charge is 2.38. The van der Waals surface area contributed by atoms with Gasteiger partial charge in [-0.25, -0.2) is 4.39 Å². The van der Waals surface area contributed by atoms with Crippen molar-refractivity contribution in [2.75, 3.05) is 18.0 Å². The molecule has 1 aromatic carbocycles. The van der Waals surface area contributed by atoms with Crippen LogP contribution >= 0.6 is 0 Å². The molecule has 3 heteroatoms. The molecule has 0 amide bonds. The Morgan fingerprint density at radius 3 is 2.06 bits per heavy atom. The fraction of sp³-hybridized carbons (Fsp3) is 0.538. The predicted molar refractivity (Wildman–Crippen MR) is 64.8 cm³/mol. The van der Waals surface area contributed by atoms with Gasteiger partial charge < -0.3 is 4.90 Å². The third-order valence-corrected chi connectivity index (χ3v) is 2.97. The maximum absolute atomic E-state index is 13.3. The smallest absolute Gasteiger partial charge is 0.142 e. The Hall–Kier alpha value is -1.12. The van der Waals surface area contributed by atoms with Gasteiger partial charge in [0, 0.05) is 5.69 Å². The summed E-state index contributed by atoms with van der Waals surface area (Å²) in [5.74, 6) is 0.557. The van der Waals surface area contributed by atoms with Crippen molar-refractivity contribution in [1.82, 2.24) is 0 Å². The summed E-state index contributed by atoms with van der Waals surface area (Å²) in [6.07, 6.45) is 0. The third kappa shape index (κ3) is 2.52. The molecule has 0 radical (unpaired) electrons. The number of hydrogen-bond acceptors (Lipinski definition) is 1. The molecule has 1 saturated heterocycles. The molecular weight excluding hydrogens is 208 g/mol. The van der Waals surface area contributed by atoms with Crippen LogP contribution < -0.4 is 4.90 Å². The molecule has 0 unspecified atom stereocenters. The monoisotopic (exact) mass is 227 g/mol. The number of hydrogen-bond donors (Lipinski definition) is 0. The predicted octanol–water partition coefficient (Wildman–Crippen LogP) is 3.51. The van der Waals surface area contributed by atoms with Gasteiger partial charge in [0.25, 0.3) is 0 Å². The first-order chi connectivity index (χ1) is 6.98. The molecule has 1 heterocycles. The van der Waals surface area contributed by atoms with E-state index in [1.165, 1.54) is 5.56 Å². The quantitative estimate of drug-likeness (QED) is 0.747. The highest BCUT2D eigenvalue weighted by molar-refractivity contribution is 5.51. The maximum Gasteiger partial charge on any atom is 0.142 e. The fourth-order valence-electron chi connectivity index (χ4n) is 2.00. The summed E-state index contributed by atoms with van der Waals surface area (Å²) in [5.41, 5.74) is 1.48. The minimum absolute atomic E-state index is 0. The van der Waals surface area contributed by atoms with Crippen molar-refractivity contribution in [3.05, 3.63) is 29.8 Å². The first-order valence-corrected chi connectivity index (χ1v) is 5.52. The normalized spacial score (nSPS) is 17.9. The maximum atomic E-state index is 13.3. The zero-order valence-corrected chi connectivity index (χ0v) is 10.0. The third-order valence-electron chi connectivity index (χ3n) is 2.97. The van der Waals surface area contributed by atoms with Gasteiger partial charge in [0.2, 0.25) is 0 Å².